The topological polar surface area (TPSA) is 84.0 Å². The van der Waals surface area contributed by atoms with Gasteiger partial charge in [0.2, 0.25) is 16.9 Å². The molecule has 0 aliphatic heterocycles. The normalized spacial score (nSPS) is 11.9. The summed E-state index contributed by atoms with van der Waals surface area (Å²) in [7, 11) is 0. The summed E-state index contributed by atoms with van der Waals surface area (Å²) in [4.78, 5) is 24.3. The number of amides is 2. The van der Waals surface area contributed by atoms with E-state index in [1.165, 1.54) is 28.5 Å². The van der Waals surface area contributed by atoms with Crippen LogP contribution in [0.15, 0.2) is 65.0 Å². The van der Waals surface area contributed by atoms with Crippen molar-refractivity contribution in [2.45, 2.75) is 30.0 Å². The van der Waals surface area contributed by atoms with Gasteiger partial charge >= 0.3 is 0 Å². The molecule has 0 spiro atoms. The van der Waals surface area contributed by atoms with E-state index in [1.807, 2.05) is 30.3 Å². The average Bonchev–Trinajstić information content (AvgIpc) is 3.20. The van der Waals surface area contributed by atoms with Gasteiger partial charge in [-0.25, -0.2) is 0 Å². The Balaban J connectivity index is 1.46. The Morgan fingerprint density at radius 1 is 1.10 bits per heavy atom. The van der Waals surface area contributed by atoms with E-state index in [2.05, 4.69) is 52.0 Å². The van der Waals surface area contributed by atoms with Crippen LogP contribution in [0.25, 0.3) is 6.08 Å². The number of aromatic nitrogens is 2. The number of benzene rings is 2. The zero-order valence-electron chi connectivity index (χ0n) is 16.7. The van der Waals surface area contributed by atoms with Crippen LogP contribution in [0.2, 0.25) is 0 Å². The van der Waals surface area contributed by atoms with Crippen LogP contribution in [0.4, 0.5) is 5.13 Å². The second kappa shape index (κ2) is 10.7. The average molecular weight is 439 g/mol. The van der Waals surface area contributed by atoms with E-state index in [4.69, 9.17) is 0 Å². The lowest BCUT2D eigenvalue weighted by atomic mass is 10.2. The number of hydrogen-bond donors (Lipinski definition) is 2. The molecule has 3 rings (SSSR count). The molecule has 154 valence electrons. The van der Waals surface area contributed by atoms with Crippen molar-refractivity contribution >= 4 is 46.1 Å². The fraction of sp³-hybridized carbons (Fsp3) is 0.182. The second-order valence-electron chi connectivity index (χ2n) is 6.61. The van der Waals surface area contributed by atoms with Crippen molar-refractivity contribution in [1.29, 1.82) is 0 Å². The molecular weight excluding hydrogens is 416 g/mol. The van der Waals surface area contributed by atoms with E-state index < -0.39 is 6.04 Å². The molecule has 1 heterocycles. The second-order valence-corrected chi connectivity index (χ2v) is 8.81. The van der Waals surface area contributed by atoms with Crippen LogP contribution in [0.1, 0.15) is 23.6 Å². The summed E-state index contributed by atoms with van der Waals surface area (Å²) in [5.41, 5.74) is 3.34. The molecule has 0 aliphatic rings. The number of carbonyl (C=O) groups excluding carboxylic acids is 2. The van der Waals surface area contributed by atoms with Crippen molar-refractivity contribution in [1.82, 2.24) is 15.5 Å². The summed E-state index contributed by atoms with van der Waals surface area (Å²) in [6.45, 7) is 3.68. The lowest BCUT2D eigenvalue weighted by Crippen LogP contribution is -2.40. The quantitative estimate of drug-likeness (QED) is 0.311. The van der Waals surface area contributed by atoms with E-state index in [-0.39, 0.29) is 11.8 Å². The molecule has 1 aromatic heterocycles. The fourth-order valence-electron chi connectivity index (χ4n) is 2.42. The highest BCUT2D eigenvalue weighted by atomic mass is 32.2. The third-order valence-electron chi connectivity index (χ3n) is 4.10. The van der Waals surface area contributed by atoms with E-state index in [1.54, 1.807) is 24.8 Å². The first-order valence-electron chi connectivity index (χ1n) is 9.36. The van der Waals surface area contributed by atoms with Crippen LogP contribution < -0.4 is 10.6 Å². The standard InChI is InChI=1S/C22H22N4O2S2/c1-15-8-10-18(11-9-15)14-29-22-26-25-21(30-22)24-20(28)16(2)23-19(27)13-12-17-6-4-3-5-7-17/h3-13,16H,14H2,1-2H3,(H,23,27)(H,24,25,28)/b13-12+/t16-/m0/s1. The maximum Gasteiger partial charge on any atom is 0.248 e. The van der Waals surface area contributed by atoms with Crippen LogP contribution in [0.3, 0.4) is 0 Å². The third-order valence-corrected chi connectivity index (χ3v) is 6.14. The van der Waals surface area contributed by atoms with Gasteiger partial charge in [-0.3, -0.25) is 14.9 Å². The van der Waals surface area contributed by atoms with E-state index in [0.717, 1.165) is 15.7 Å². The van der Waals surface area contributed by atoms with Crippen LogP contribution in [-0.2, 0) is 15.3 Å². The Kier molecular flexibility index (Phi) is 7.75. The van der Waals surface area contributed by atoms with E-state index in [9.17, 15) is 9.59 Å². The van der Waals surface area contributed by atoms with Gasteiger partial charge < -0.3 is 5.32 Å². The highest BCUT2D eigenvalue weighted by molar-refractivity contribution is 8.00. The molecule has 2 amide bonds. The molecule has 0 aliphatic carbocycles. The minimum Gasteiger partial charge on any atom is -0.341 e. The third kappa shape index (κ3) is 6.82. The van der Waals surface area contributed by atoms with Crippen molar-refractivity contribution in [3.8, 4) is 0 Å². The smallest absolute Gasteiger partial charge is 0.248 e. The largest absolute Gasteiger partial charge is 0.341 e. The van der Waals surface area contributed by atoms with Gasteiger partial charge in [0.15, 0.2) is 4.34 Å². The lowest BCUT2D eigenvalue weighted by molar-refractivity contribution is -0.123. The van der Waals surface area contributed by atoms with E-state index in [0.29, 0.717) is 5.13 Å². The molecule has 0 bridgehead atoms. The number of nitrogens with zero attached hydrogens (tertiary/aromatic N) is 2. The van der Waals surface area contributed by atoms with Crippen LogP contribution in [0.5, 0.6) is 0 Å². The molecule has 30 heavy (non-hydrogen) atoms. The predicted octanol–water partition coefficient (Wildman–Crippen LogP) is 4.30. The molecule has 0 fully saturated rings. The Morgan fingerprint density at radius 3 is 2.57 bits per heavy atom. The van der Waals surface area contributed by atoms with Gasteiger partial charge in [0, 0.05) is 11.8 Å². The first-order chi connectivity index (χ1) is 14.5. The molecule has 6 nitrogen and oxygen atoms in total. The number of anilines is 1. The maximum absolute atomic E-state index is 12.3. The number of carbonyl (C=O) groups is 2. The van der Waals surface area contributed by atoms with Gasteiger partial charge in [0.25, 0.3) is 0 Å². The van der Waals surface area contributed by atoms with Crippen LogP contribution in [0, 0.1) is 6.92 Å². The van der Waals surface area contributed by atoms with Gasteiger partial charge in [0.1, 0.15) is 6.04 Å². The van der Waals surface area contributed by atoms with Crippen molar-refractivity contribution in [3.63, 3.8) is 0 Å². The zero-order valence-corrected chi connectivity index (χ0v) is 18.3. The minimum absolute atomic E-state index is 0.340. The van der Waals surface area contributed by atoms with Crippen LogP contribution in [-0.4, -0.2) is 28.1 Å². The minimum atomic E-state index is -0.703. The van der Waals surface area contributed by atoms with Crippen LogP contribution >= 0.6 is 23.1 Å². The van der Waals surface area contributed by atoms with Gasteiger partial charge in [-0.1, -0.05) is 83.3 Å². The maximum atomic E-state index is 12.3. The number of thioether (sulfide) groups is 1. The Labute approximate surface area is 183 Å². The van der Waals surface area contributed by atoms with Gasteiger partial charge in [-0.2, -0.15) is 0 Å². The molecule has 1 atom stereocenters. The Hall–Kier alpha value is -2.97. The van der Waals surface area contributed by atoms with Gasteiger partial charge in [-0.05, 0) is 31.1 Å². The molecule has 0 unspecified atom stereocenters. The van der Waals surface area contributed by atoms with Crippen molar-refractivity contribution in [2.24, 2.45) is 0 Å². The van der Waals surface area contributed by atoms with Gasteiger partial charge in [-0.15, -0.1) is 10.2 Å². The molecular formula is C22H22N4O2S2. The first kappa shape index (κ1) is 21.7. The van der Waals surface area contributed by atoms with Crippen molar-refractivity contribution in [3.05, 3.63) is 77.4 Å². The summed E-state index contributed by atoms with van der Waals surface area (Å²) in [6, 6.07) is 17.1. The highest BCUT2D eigenvalue weighted by Gasteiger charge is 2.16. The number of hydrogen-bond acceptors (Lipinski definition) is 6. The Morgan fingerprint density at radius 2 is 1.83 bits per heavy atom. The molecule has 2 aromatic carbocycles. The number of rotatable bonds is 8. The van der Waals surface area contributed by atoms with E-state index >= 15 is 0 Å². The number of nitrogens with one attached hydrogen (secondary N) is 2. The summed E-state index contributed by atoms with van der Waals surface area (Å²) in [6.07, 6.45) is 3.10. The molecule has 0 saturated carbocycles. The highest BCUT2D eigenvalue weighted by Crippen LogP contribution is 2.28. The van der Waals surface area contributed by atoms with Crippen molar-refractivity contribution < 1.29 is 9.59 Å². The van der Waals surface area contributed by atoms with Crippen molar-refractivity contribution in [2.75, 3.05) is 5.32 Å². The summed E-state index contributed by atoms with van der Waals surface area (Å²) in [5, 5.41) is 13.9. The SMILES string of the molecule is Cc1ccc(CSc2nnc(NC(=O)[C@H](C)NC(=O)/C=C/c3ccccc3)s2)cc1. The summed E-state index contributed by atoms with van der Waals surface area (Å²) >= 11 is 2.88. The lowest BCUT2D eigenvalue weighted by Gasteiger charge is -2.11. The summed E-state index contributed by atoms with van der Waals surface area (Å²) < 4.78 is 0.772. The molecule has 0 radical (unpaired) electrons. The molecule has 8 heteroatoms. The zero-order chi connectivity index (χ0) is 21.3. The predicted molar refractivity (Wildman–Crippen MR) is 122 cm³/mol. The fourth-order valence-corrected chi connectivity index (χ4v) is 4.14. The monoisotopic (exact) mass is 438 g/mol. The molecule has 2 N–H and O–H groups in total. The molecule has 0 saturated heterocycles. The molecule has 3 aromatic rings. The van der Waals surface area contributed by atoms with Gasteiger partial charge in [0.05, 0.1) is 0 Å². The first-order valence-corrected chi connectivity index (χ1v) is 11.2. The number of aryl methyl sites for hydroxylation is 1. The Bertz CT molecular complexity index is 1020. The summed E-state index contributed by atoms with van der Waals surface area (Å²) in [5.74, 6) is 0.0964.